The van der Waals surface area contributed by atoms with Crippen molar-refractivity contribution in [2.24, 2.45) is 10.9 Å². The Hall–Kier alpha value is -1.76. The molecule has 1 amide bonds. The SMILES string of the molecule is CN=C(NCCNC(=O)Cc1cccc(F)c1)N1CCSC(C(C)C)C1. The zero-order valence-electron chi connectivity index (χ0n) is 15.8. The first-order valence-electron chi connectivity index (χ1n) is 9.08. The minimum atomic E-state index is -0.319. The van der Waals surface area contributed by atoms with Gasteiger partial charge in [-0.15, -0.1) is 0 Å². The van der Waals surface area contributed by atoms with Crippen LogP contribution in [0.15, 0.2) is 29.3 Å². The molecule has 144 valence electrons. The number of hydrogen-bond acceptors (Lipinski definition) is 3. The maximum Gasteiger partial charge on any atom is 0.224 e. The van der Waals surface area contributed by atoms with Crippen LogP contribution in [0.3, 0.4) is 0 Å². The van der Waals surface area contributed by atoms with Crippen molar-refractivity contribution >= 4 is 23.6 Å². The second-order valence-electron chi connectivity index (χ2n) is 6.73. The Balaban J connectivity index is 1.71. The summed E-state index contributed by atoms with van der Waals surface area (Å²) >= 11 is 2.03. The van der Waals surface area contributed by atoms with Crippen LogP contribution in [0, 0.1) is 11.7 Å². The van der Waals surface area contributed by atoms with Crippen LogP contribution in [0.25, 0.3) is 0 Å². The fourth-order valence-electron chi connectivity index (χ4n) is 2.87. The molecular formula is C19H29FN4OS. The quantitative estimate of drug-likeness (QED) is 0.451. The number of nitrogens with one attached hydrogen (secondary N) is 2. The van der Waals surface area contributed by atoms with Crippen molar-refractivity contribution in [3.63, 3.8) is 0 Å². The Bertz CT molecular complexity index is 623. The molecule has 2 rings (SSSR count). The average Bonchev–Trinajstić information content (AvgIpc) is 2.62. The predicted octanol–water partition coefficient (Wildman–Crippen LogP) is 2.13. The van der Waals surface area contributed by atoms with Gasteiger partial charge in [0, 0.05) is 44.2 Å². The van der Waals surface area contributed by atoms with Crippen LogP contribution in [0.1, 0.15) is 19.4 Å². The molecule has 0 aliphatic carbocycles. The molecule has 2 N–H and O–H groups in total. The molecule has 1 unspecified atom stereocenters. The van der Waals surface area contributed by atoms with E-state index in [0.29, 0.717) is 29.8 Å². The van der Waals surface area contributed by atoms with E-state index in [9.17, 15) is 9.18 Å². The number of halogens is 1. The minimum Gasteiger partial charge on any atom is -0.354 e. The smallest absolute Gasteiger partial charge is 0.224 e. The Labute approximate surface area is 159 Å². The second kappa shape index (κ2) is 10.4. The lowest BCUT2D eigenvalue weighted by atomic mass is 10.1. The van der Waals surface area contributed by atoms with Crippen molar-refractivity contribution < 1.29 is 9.18 Å². The van der Waals surface area contributed by atoms with Crippen molar-refractivity contribution in [3.05, 3.63) is 35.6 Å². The standard InChI is InChI=1S/C19H29FN4OS/c1-14(2)17-13-24(9-10-26-17)19(21-3)23-8-7-22-18(25)12-15-5-4-6-16(20)11-15/h4-6,11,14,17H,7-10,12-13H2,1-3H3,(H,21,23)(H,22,25). The van der Waals surface area contributed by atoms with E-state index in [-0.39, 0.29) is 18.1 Å². The number of guanidine groups is 1. The van der Waals surface area contributed by atoms with E-state index >= 15 is 0 Å². The lowest BCUT2D eigenvalue weighted by Gasteiger charge is -2.36. The van der Waals surface area contributed by atoms with Gasteiger partial charge in [0.05, 0.1) is 6.42 Å². The average molecular weight is 381 g/mol. The molecule has 1 fully saturated rings. The lowest BCUT2D eigenvalue weighted by Crippen LogP contribution is -2.50. The number of amides is 1. The molecule has 0 saturated carbocycles. The second-order valence-corrected chi connectivity index (χ2v) is 8.08. The summed E-state index contributed by atoms with van der Waals surface area (Å²) in [5.74, 6) is 2.20. The maximum absolute atomic E-state index is 13.1. The zero-order chi connectivity index (χ0) is 18.9. The van der Waals surface area contributed by atoms with Crippen molar-refractivity contribution in [1.29, 1.82) is 0 Å². The summed E-state index contributed by atoms with van der Waals surface area (Å²) in [5, 5.41) is 6.80. The Kier molecular flexibility index (Phi) is 8.22. The van der Waals surface area contributed by atoms with E-state index in [2.05, 4.69) is 34.4 Å². The molecule has 1 aromatic carbocycles. The highest BCUT2D eigenvalue weighted by Crippen LogP contribution is 2.24. The van der Waals surface area contributed by atoms with Gasteiger partial charge >= 0.3 is 0 Å². The highest BCUT2D eigenvalue weighted by molar-refractivity contribution is 8.00. The van der Waals surface area contributed by atoms with Crippen LogP contribution in [0.4, 0.5) is 4.39 Å². The van der Waals surface area contributed by atoms with Crippen LogP contribution >= 0.6 is 11.8 Å². The molecule has 1 aliphatic rings. The van der Waals surface area contributed by atoms with Crippen LogP contribution in [-0.2, 0) is 11.2 Å². The maximum atomic E-state index is 13.1. The van der Waals surface area contributed by atoms with E-state index in [1.165, 1.54) is 12.1 Å². The molecule has 1 aliphatic heterocycles. The van der Waals surface area contributed by atoms with Gasteiger partial charge in [-0.3, -0.25) is 9.79 Å². The molecular weight excluding hydrogens is 351 g/mol. The Morgan fingerprint density at radius 3 is 2.85 bits per heavy atom. The number of thioether (sulfide) groups is 1. The molecule has 5 nitrogen and oxygen atoms in total. The van der Waals surface area contributed by atoms with E-state index in [4.69, 9.17) is 0 Å². The third kappa shape index (κ3) is 6.52. The number of aliphatic imine (C=N–C) groups is 1. The van der Waals surface area contributed by atoms with Gasteiger partial charge in [0.1, 0.15) is 5.82 Å². The molecule has 0 aromatic heterocycles. The molecule has 26 heavy (non-hydrogen) atoms. The van der Waals surface area contributed by atoms with E-state index in [1.807, 2.05) is 11.8 Å². The Morgan fingerprint density at radius 2 is 2.15 bits per heavy atom. The van der Waals surface area contributed by atoms with Crippen LogP contribution < -0.4 is 10.6 Å². The summed E-state index contributed by atoms with van der Waals surface area (Å²) < 4.78 is 13.1. The molecule has 1 heterocycles. The van der Waals surface area contributed by atoms with E-state index < -0.39 is 0 Å². The van der Waals surface area contributed by atoms with Gasteiger partial charge in [-0.25, -0.2) is 4.39 Å². The third-order valence-corrected chi connectivity index (χ3v) is 5.87. The first-order valence-corrected chi connectivity index (χ1v) is 10.1. The molecule has 1 saturated heterocycles. The largest absolute Gasteiger partial charge is 0.354 e. The summed E-state index contributed by atoms with van der Waals surface area (Å²) in [6.07, 6.45) is 0.186. The molecule has 1 aromatic rings. The van der Waals surface area contributed by atoms with Crippen LogP contribution in [0.2, 0.25) is 0 Å². The fourth-order valence-corrected chi connectivity index (χ4v) is 4.17. The van der Waals surface area contributed by atoms with Gasteiger partial charge in [-0.05, 0) is 23.6 Å². The third-order valence-electron chi connectivity index (χ3n) is 4.33. The van der Waals surface area contributed by atoms with Gasteiger partial charge < -0.3 is 15.5 Å². The first-order chi connectivity index (χ1) is 12.5. The van der Waals surface area contributed by atoms with Gasteiger partial charge in [0.2, 0.25) is 5.91 Å². The molecule has 1 atom stereocenters. The number of benzene rings is 1. The van der Waals surface area contributed by atoms with Crippen molar-refractivity contribution in [2.75, 3.05) is 39.0 Å². The van der Waals surface area contributed by atoms with Crippen LogP contribution in [-0.4, -0.2) is 61.0 Å². The van der Waals surface area contributed by atoms with Crippen molar-refractivity contribution in [3.8, 4) is 0 Å². The predicted molar refractivity (Wildman–Crippen MR) is 107 cm³/mol. The molecule has 0 bridgehead atoms. The van der Waals surface area contributed by atoms with Crippen molar-refractivity contribution in [1.82, 2.24) is 15.5 Å². The first kappa shape index (κ1) is 20.6. The fraction of sp³-hybridized carbons (Fsp3) is 0.579. The van der Waals surface area contributed by atoms with Gasteiger partial charge in [0.25, 0.3) is 0 Å². The summed E-state index contributed by atoms with van der Waals surface area (Å²) in [5.41, 5.74) is 0.678. The highest BCUT2D eigenvalue weighted by atomic mass is 32.2. The number of hydrogen-bond donors (Lipinski definition) is 2. The Morgan fingerprint density at radius 1 is 1.38 bits per heavy atom. The summed E-state index contributed by atoms with van der Waals surface area (Å²) in [7, 11) is 1.79. The number of rotatable bonds is 6. The number of carbonyl (C=O) groups excluding carboxylic acids is 1. The van der Waals surface area contributed by atoms with E-state index in [1.54, 1.807) is 19.2 Å². The normalized spacial score (nSPS) is 18.1. The number of carbonyl (C=O) groups is 1. The van der Waals surface area contributed by atoms with Crippen molar-refractivity contribution in [2.45, 2.75) is 25.5 Å². The molecule has 7 heteroatoms. The summed E-state index contributed by atoms with van der Waals surface area (Å²) in [4.78, 5) is 18.6. The van der Waals surface area contributed by atoms with Gasteiger partial charge in [0.15, 0.2) is 5.96 Å². The topological polar surface area (TPSA) is 56.7 Å². The molecule has 0 radical (unpaired) electrons. The molecule has 0 spiro atoms. The zero-order valence-corrected chi connectivity index (χ0v) is 16.6. The van der Waals surface area contributed by atoms with E-state index in [0.717, 1.165) is 24.8 Å². The summed E-state index contributed by atoms with van der Waals surface area (Å²) in [6.45, 7) is 7.60. The van der Waals surface area contributed by atoms with Crippen LogP contribution in [0.5, 0.6) is 0 Å². The monoisotopic (exact) mass is 380 g/mol. The highest BCUT2D eigenvalue weighted by Gasteiger charge is 2.24. The lowest BCUT2D eigenvalue weighted by molar-refractivity contribution is -0.120. The van der Waals surface area contributed by atoms with Gasteiger partial charge in [-0.1, -0.05) is 26.0 Å². The number of nitrogens with zero attached hydrogens (tertiary/aromatic N) is 2. The summed E-state index contributed by atoms with van der Waals surface area (Å²) in [6, 6.07) is 6.13. The van der Waals surface area contributed by atoms with Gasteiger partial charge in [-0.2, -0.15) is 11.8 Å². The minimum absolute atomic E-state index is 0.110.